The van der Waals surface area contributed by atoms with Crippen molar-refractivity contribution in [2.45, 2.75) is 51.5 Å². The van der Waals surface area contributed by atoms with Crippen LogP contribution in [0.4, 0.5) is 23.1 Å². The Labute approximate surface area is 176 Å². The molecule has 1 aromatic heterocycles. The number of nitrogens with two attached hydrogens (primary N) is 1. The third-order valence-corrected chi connectivity index (χ3v) is 5.89. The number of nitrogens with one attached hydrogen (secondary N) is 2. The van der Waals surface area contributed by atoms with Crippen molar-refractivity contribution in [1.82, 2.24) is 15.3 Å². The van der Waals surface area contributed by atoms with E-state index in [1.807, 2.05) is 6.07 Å². The summed E-state index contributed by atoms with van der Waals surface area (Å²) in [4.78, 5) is 23.5. The SMILES string of the molecule is CC(=O)N[C@@H]1CCCN(c2nc(Nc3ccc(Cl)c(N)c3)nc3c2CCCC3)C1. The largest absolute Gasteiger partial charge is 0.397 e. The fourth-order valence-corrected chi connectivity index (χ4v) is 4.33. The second-order valence-electron chi connectivity index (χ2n) is 7.85. The Kier molecular flexibility index (Phi) is 5.76. The Morgan fingerprint density at radius 3 is 2.86 bits per heavy atom. The van der Waals surface area contributed by atoms with E-state index in [9.17, 15) is 4.79 Å². The summed E-state index contributed by atoms with van der Waals surface area (Å²) in [6.45, 7) is 3.29. The van der Waals surface area contributed by atoms with E-state index >= 15 is 0 Å². The van der Waals surface area contributed by atoms with Gasteiger partial charge in [-0.3, -0.25) is 4.79 Å². The van der Waals surface area contributed by atoms with Crippen molar-refractivity contribution in [2.24, 2.45) is 0 Å². The van der Waals surface area contributed by atoms with Crippen LogP contribution < -0.4 is 21.3 Å². The fraction of sp³-hybridized carbons (Fsp3) is 0.476. The number of rotatable bonds is 4. The highest BCUT2D eigenvalue weighted by Crippen LogP contribution is 2.32. The molecule has 1 fully saturated rings. The molecule has 1 aromatic carbocycles. The molecule has 1 saturated heterocycles. The van der Waals surface area contributed by atoms with Gasteiger partial charge in [-0.1, -0.05) is 11.6 Å². The van der Waals surface area contributed by atoms with Gasteiger partial charge in [-0.05, 0) is 56.7 Å². The monoisotopic (exact) mass is 414 g/mol. The number of aromatic nitrogens is 2. The molecule has 4 N–H and O–H groups in total. The molecule has 154 valence electrons. The highest BCUT2D eigenvalue weighted by molar-refractivity contribution is 6.33. The number of hydrogen-bond acceptors (Lipinski definition) is 6. The number of hydrogen-bond donors (Lipinski definition) is 3. The number of carbonyl (C=O) groups is 1. The van der Waals surface area contributed by atoms with Gasteiger partial charge >= 0.3 is 0 Å². The lowest BCUT2D eigenvalue weighted by Crippen LogP contribution is -2.48. The van der Waals surface area contributed by atoms with Gasteiger partial charge in [0.05, 0.1) is 16.4 Å². The number of nitrogens with zero attached hydrogens (tertiary/aromatic N) is 3. The molecule has 0 saturated carbocycles. The van der Waals surface area contributed by atoms with E-state index in [0.717, 1.165) is 68.8 Å². The molecule has 2 aromatic rings. The first-order valence-electron chi connectivity index (χ1n) is 10.2. The summed E-state index contributed by atoms with van der Waals surface area (Å²) in [5.41, 5.74) is 9.63. The Bertz CT molecular complexity index is 918. The molecular weight excluding hydrogens is 388 g/mol. The predicted octanol–water partition coefficient (Wildman–Crippen LogP) is 3.44. The van der Waals surface area contributed by atoms with Crippen LogP contribution in [0.2, 0.25) is 5.02 Å². The fourth-order valence-electron chi connectivity index (χ4n) is 4.22. The number of halogens is 1. The molecule has 2 heterocycles. The van der Waals surface area contributed by atoms with Gasteiger partial charge in [-0.2, -0.15) is 4.98 Å². The van der Waals surface area contributed by atoms with E-state index in [-0.39, 0.29) is 11.9 Å². The quantitative estimate of drug-likeness (QED) is 0.663. The van der Waals surface area contributed by atoms with Crippen LogP contribution in [0.1, 0.15) is 43.9 Å². The van der Waals surface area contributed by atoms with Gasteiger partial charge in [0.25, 0.3) is 0 Å². The van der Waals surface area contributed by atoms with Gasteiger partial charge in [-0.15, -0.1) is 0 Å². The summed E-state index contributed by atoms with van der Waals surface area (Å²) in [5, 5.41) is 6.88. The average Bonchev–Trinajstić information content (AvgIpc) is 2.70. The molecule has 0 spiro atoms. The zero-order valence-corrected chi connectivity index (χ0v) is 17.4. The van der Waals surface area contributed by atoms with Crippen LogP contribution in [-0.4, -0.2) is 35.0 Å². The minimum absolute atomic E-state index is 0.0178. The average molecular weight is 415 g/mol. The van der Waals surface area contributed by atoms with Crippen molar-refractivity contribution >= 4 is 40.6 Å². The second-order valence-corrected chi connectivity index (χ2v) is 8.26. The molecule has 0 bridgehead atoms. The van der Waals surface area contributed by atoms with E-state index in [4.69, 9.17) is 27.3 Å². The van der Waals surface area contributed by atoms with E-state index in [2.05, 4.69) is 15.5 Å². The lowest BCUT2D eigenvalue weighted by molar-refractivity contribution is -0.119. The molecule has 1 atom stereocenters. The van der Waals surface area contributed by atoms with Crippen molar-refractivity contribution in [3.63, 3.8) is 0 Å². The number of nitrogen functional groups attached to an aromatic ring is 1. The zero-order valence-electron chi connectivity index (χ0n) is 16.7. The lowest BCUT2D eigenvalue weighted by atomic mass is 9.95. The lowest BCUT2D eigenvalue weighted by Gasteiger charge is -2.36. The molecule has 7 nitrogen and oxygen atoms in total. The predicted molar refractivity (Wildman–Crippen MR) is 117 cm³/mol. The summed E-state index contributed by atoms with van der Waals surface area (Å²) < 4.78 is 0. The van der Waals surface area contributed by atoms with Crippen molar-refractivity contribution in [1.29, 1.82) is 0 Å². The molecule has 4 rings (SSSR count). The van der Waals surface area contributed by atoms with Crippen molar-refractivity contribution in [3.8, 4) is 0 Å². The Balaban J connectivity index is 1.64. The number of benzene rings is 1. The van der Waals surface area contributed by atoms with Crippen LogP contribution in [0, 0.1) is 0 Å². The molecule has 1 amide bonds. The van der Waals surface area contributed by atoms with Gasteiger partial charge < -0.3 is 21.3 Å². The smallest absolute Gasteiger partial charge is 0.229 e. The van der Waals surface area contributed by atoms with Crippen LogP contribution in [0.25, 0.3) is 0 Å². The maximum absolute atomic E-state index is 11.5. The van der Waals surface area contributed by atoms with Crippen molar-refractivity contribution < 1.29 is 4.79 Å². The molecule has 8 heteroatoms. The third-order valence-electron chi connectivity index (χ3n) is 5.54. The highest BCUT2D eigenvalue weighted by atomic mass is 35.5. The van der Waals surface area contributed by atoms with Crippen LogP contribution in [0.3, 0.4) is 0 Å². The summed E-state index contributed by atoms with van der Waals surface area (Å²) in [5.74, 6) is 1.59. The zero-order chi connectivity index (χ0) is 20.4. The molecule has 2 aliphatic rings. The topological polar surface area (TPSA) is 96.2 Å². The summed E-state index contributed by atoms with van der Waals surface area (Å²) in [7, 11) is 0. The first kappa shape index (κ1) is 19.8. The number of carbonyl (C=O) groups excluding carboxylic acids is 1. The molecule has 1 aliphatic heterocycles. The standard InChI is InChI=1S/C21H27ClN6O/c1-13(29)24-15-5-4-10-28(12-15)20-16-6-2-3-7-19(16)26-21(27-20)25-14-8-9-17(22)18(23)11-14/h8-9,11,15H,2-7,10,12,23H2,1H3,(H,24,29)(H,25,26,27)/t15-/m1/s1. The third kappa shape index (κ3) is 4.56. The van der Waals surface area contributed by atoms with Crippen molar-refractivity contribution in [2.75, 3.05) is 29.0 Å². The number of fused-ring (bicyclic) bond motifs is 1. The van der Waals surface area contributed by atoms with Crippen LogP contribution in [0.15, 0.2) is 18.2 Å². The Hall–Kier alpha value is -2.54. The number of anilines is 4. The van der Waals surface area contributed by atoms with Gasteiger partial charge in [0.1, 0.15) is 5.82 Å². The number of amides is 1. The first-order chi connectivity index (χ1) is 14.0. The molecule has 29 heavy (non-hydrogen) atoms. The Morgan fingerprint density at radius 1 is 1.24 bits per heavy atom. The Morgan fingerprint density at radius 2 is 2.07 bits per heavy atom. The first-order valence-corrected chi connectivity index (χ1v) is 10.6. The molecule has 0 radical (unpaired) electrons. The van der Waals surface area contributed by atoms with Gasteiger partial charge in [0.15, 0.2) is 0 Å². The van der Waals surface area contributed by atoms with Crippen LogP contribution in [0.5, 0.6) is 0 Å². The summed E-state index contributed by atoms with van der Waals surface area (Å²) in [6, 6.07) is 5.58. The summed E-state index contributed by atoms with van der Waals surface area (Å²) in [6.07, 6.45) is 6.29. The van der Waals surface area contributed by atoms with E-state index in [1.54, 1.807) is 19.1 Å². The van der Waals surface area contributed by atoms with E-state index < -0.39 is 0 Å². The summed E-state index contributed by atoms with van der Waals surface area (Å²) >= 11 is 6.03. The highest BCUT2D eigenvalue weighted by Gasteiger charge is 2.26. The van der Waals surface area contributed by atoms with Crippen LogP contribution >= 0.6 is 11.6 Å². The molecular formula is C21H27ClN6O. The maximum atomic E-state index is 11.5. The maximum Gasteiger partial charge on any atom is 0.229 e. The van der Waals surface area contributed by atoms with Gasteiger partial charge in [-0.25, -0.2) is 4.98 Å². The molecule has 1 aliphatic carbocycles. The number of piperidine rings is 1. The van der Waals surface area contributed by atoms with Gasteiger partial charge in [0.2, 0.25) is 11.9 Å². The van der Waals surface area contributed by atoms with E-state index in [0.29, 0.717) is 16.7 Å². The minimum atomic E-state index is 0.0178. The number of aryl methyl sites for hydroxylation is 1. The molecule has 0 unspecified atom stereocenters. The van der Waals surface area contributed by atoms with E-state index in [1.165, 1.54) is 5.56 Å². The van der Waals surface area contributed by atoms with Crippen molar-refractivity contribution in [3.05, 3.63) is 34.5 Å². The van der Waals surface area contributed by atoms with Gasteiger partial charge in [0, 0.05) is 37.3 Å². The second kappa shape index (κ2) is 8.45. The normalized spacial score (nSPS) is 18.8. The minimum Gasteiger partial charge on any atom is -0.397 e. The van der Waals surface area contributed by atoms with Crippen LogP contribution in [-0.2, 0) is 17.6 Å².